The lowest BCUT2D eigenvalue weighted by Gasteiger charge is -2.57. The molecule has 0 aromatic rings. The maximum Gasteiger partial charge on any atom is 0.0217 e. The molecule has 0 aromatic carbocycles. The highest BCUT2D eigenvalue weighted by atomic mass is 14.8. The van der Waals surface area contributed by atoms with Gasteiger partial charge in [0.05, 0.1) is 0 Å². The normalized spacial score (nSPS) is 44.8. The second-order valence-corrected chi connectivity index (χ2v) is 14.2. The van der Waals surface area contributed by atoms with Gasteiger partial charge in [-0.1, -0.05) is 116 Å². The minimum Gasteiger partial charge on any atom is -0.325 e. The van der Waals surface area contributed by atoms with Crippen LogP contribution in [-0.2, 0) is 0 Å². The summed E-state index contributed by atoms with van der Waals surface area (Å²) in [5, 5.41) is 0. The lowest BCUT2D eigenvalue weighted by Crippen LogP contribution is -2.60. The third-order valence-electron chi connectivity index (χ3n) is 12.3. The maximum absolute atomic E-state index is 7.66. The van der Waals surface area contributed by atoms with Gasteiger partial charge in [0.25, 0.3) is 0 Å². The van der Waals surface area contributed by atoms with Crippen molar-refractivity contribution in [2.45, 2.75) is 160 Å². The van der Waals surface area contributed by atoms with Gasteiger partial charge >= 0.3 is 0 Å². The van der Waals surface area contributed by atoms with E-state index in [9.17, 15) is 0 Å². The Labute approximate surface area is 213 Å². The molecule has 1 nitrogen and oxygen atoms in total. The molecule has 0 heterocycles. The van der Waals surface area contributed by atoms with Crippen LogP contribution in [0.5, 0.6) is 0 Å². The summed E-state index contributed by atoms with van der Waals surface area (Å²) in [5.41, 5.74) is 7.85. The van der Waals surface area contributed by atoms with Gasteiger partial charge in [-0.15, -0.1) is 0 Å². The van der Waals surface area contributed by atoms with Crippen LogP contribution in [0.3, 0.4) is 0 Å². The molecule has 2 N–H and O–H groups in total. The smallest absolute Gasteiger partial charge is 0.0217 e. The van der Waals surface area contributed by atoms with Gasteiger partial charge in [-0.05, 0) is 85.9 Å². The van der Waals surface area contributed by atoms with Crippen molar-refractivity contribution in [3.05, 3.63) is 0 Å². The van der Waals surface area contributed by atoms with Gasteiger partial charge < -0.3 is 5.73 Å². The van der Waals surface area contributed by atoms with Crippen LogP contribution >= 0.6 is 0 Å². The third kappa shape index (κ3) is 5.60. The van der Waals surface area contributed by atoms with Crippen LogP contribution in [0, 0.1) is 47.3 Å². The van der Waals surface area contributed by atoms with E-state index < -0.39 is 0 Å². The molecule has 1 heteroatoms. The molecule has 8 unspecified atom stereocenters. The van der Waals surface area contributed by atoms with Crippen molar-refractivity contribution in [3.63, 3.8) is 0 Å². The van der Waals surface area contributed by atoms with Crippen LogP contribution in [0.1, 0.15) is 155 Å². The van der Waals surface area contributed by atoms with Crippen molar-refractivity contribution < 1.29 is 0 Å². The number of nitrogens with two attached hydrogens (primary N) is 1. The zero-order chi connectivity index (χ0) is 23.4. The standard InChI is InChI=1S/C33H59N/c1-2-13-29-30-24-32(29)33(34)21-20-28(23-25-14-9-7-5-3-4-6-8-10-15-25)31(33)19-12-17-26-16-11-18-27(30)22-26/h25-32H,2-24,34H2,1H3. The van der Waals surface area contributed by atoms with E-state index in [0.717, 1.165) is 47.3 Å². The minimum atomic E-state index is 0.187. The van der Waals surface area contributed by atoms with Crippen LogP contribution < -0.4 is 5.73 Å². The molecule has 8 atom stereocenters. The van der Waals surface area contributed by atoms with Crippen LogP contribution in [0.2, 0.25) is 0 Å². The molecule has 0 amide bonds. The maximum atomic E-state index is 7.66. The topological polar surface area (TPSA) is 26.0 Å². The predicted molar refractivity (Wildman–Crippen MR) is 147 cm³/mol. The molecule has 34 heavy (non-hydrogen) atoms. The van der Waals surface area contributed by atoms with Gasteiger partial charge in [-0.2, -0.15) is 0 Å². The first-order valence-corrected chi connectivity index (χ1v) is 16.5. The van der Waals surface area contributed by atoms with Gasteiger partial charge in [0.15, 0.2) is 0 Å². The second-order valence-electron chi connectivity index (χ2n) is 14.2. The second kappa shape index (κ2) is 12.0. The average Bonchev–Trinajstić information content (AvgIpc) is 3.08. The summed E-state index contributed by atoms with van der Waals surface area (Å²) in [4.78, 5) is 0. The van der Waals surface area contributed by atoms with Crippen molar-refractivity contribution in [1.29, 1.82) is 0 Å². The van der Waals surface area contributed by atoms with Gasteiger partial charge in [-0.25, -0.2) is 0 Å². The molecule has 0 saturated heterocycles. The van der Waals surface area contributed by atoms with Crippen molar-refractivity contribution >= 4 is 0 Å². The first-order chi connectivity index (χ1) is 16.7. The Morgan fingerprint density at radius 1 is 0.676 bits per heavy atom. The van der Waals surface area contributed by atoms with Crippen LogP contribution in [0.4, 0.5) is 0 Å². The number of hydrogen-bond acceptors (Lipinski definition) is 1. The molecular weight excluding hydrogens is 410 g/mol. The zero-order valence-corrected chi connectivity index (χ0v) is 23.0. The van der Waals surface area contributed by atoms with E-state index in [0.29, 0.717) is 0 Å². The Bertz CT molecular complexity index is 602. The third-order valence-corrected chi connectivity index (χ3v) is 12.3. The zero-order valence-electron chi connectivity index (χ0n) is 23.0. The first kappa shape index (κ1) is 25.6. The first-order valence-electron chi connectivity index (χ1n) is 16.5. The number of fused-ring (bicyclic) bond motifs is 2. The lowest BCUT2D eigenvalue weighted by molar-refractivity contribution is -0.0586. The highest BCUT2D eigenvalue weighted by Crippen LogP contribution is 2.61. The van der Waals surface area contributed by atoms with Crippen molar-refractivity contribution in [2.75, 3.05) is 0 Å². The highest BCUT2D eigenvalue weighted by molar-refractivity contribution is 5.12. The summed E-state index contributed by atoms with van der Waals surface area (Å²) in [6.45, 7) is 2.44. The Morgan fingerprint density at radius 3 is 2.06 bits per heavy atom. The number of hydrogen-bond donors (Lipinski definition) is 1. The molecular formula is C33H59N. The molecule has 0 aromatic heterocycles. The Hall–Kier alpha value is -0.0400. The fourth-order valence-electron chi connectivity index (χ4n) is 10.5. The molecule has 0 spiro atoms. The summed E-state index contributed by atoms with van der Waals surface area (Å²) in [5.74, 6) is 7.75. The molecule has 196 valence electrons. The Balaban J connectivity index is 1.30. The highest BCUT2D eigenvalue weighted by Gasteiger charge is 2.58. The lowest BCUT2D eigenvalue weighted by atomic mass is 9.49. The Kier molecular flexibility index (Phi) is 9.04. The molecule has 6 fully saturated rings. The largest absolute Gasteiger partial charge is 0.325 e. The fraction of sp³-hybridized carbons (Fsp3) is 1.00. The molecule has 6 aliphatic carbocycles. The SMILES string of the molecule is CCCC1C2CC1C1(N)CCC(CC3CCCCCCCCCC3)C1CCCC1CCCC2C1. The van der Waals surface area contributed by atoms with Gasteiger partial charge in [0, 0.05) is 5.54 Å². The van der Waals surface area contributed by atoms with Crippen molar-refractivity contribution in [2.24, 2.45) is 53.1 Å². The van der Waals surface area contributed by atoms with Crippen molar-refractivity contribution in [3.8, 4) is 0 Å². The van der Waals surface area contributed by atoms with Gasteiger partial charge in [-0.3, -0.25) is 0 Å². The summed E-state index contributed by atoms with van der Waals surface area (Å²) >= 11 is 0. The monoisotopic (exact) mass is 469 g/mol. The van der Waals surface area contributed by atoms with Crippen LogP contribution in [0.25, 0.3) is 0 Å². The van der Waals surface area contributed by atoms with Gasteiger partial charge in [0.1, 0.15) is 0 Å². The van der Waals surface area contributed by atoms with Crippen LogP contribution in [0.15, 0.2) is 0 Å². The summed E-state index contributed by atoms with van der Waals surface area (Å²) < 4.78 is 0. The van der Waals surface area contributed by atoms with E-state index in [1.165, 1.54) is 135 Å². The molecule has 6 saturated carbocycles. The predicted octanol–water partition coefficient (Wildman–Crippen LogP) is 9.67. The van der Waals surface area contributed by atoms with E-state index in [1.807, 2.05) is 0 Å². The average molecular weight is 470 g/mol. The summed E-state index contributed by atoms with van der Waals surface area (Å²) in [6.07, 6.45) is 34.4. The number of rotatable bonds is 4. The molecule has 4 bridgehead atoms. The molecule has 6 aliphatic rings. The van der Waals surface area contributed by atoms with E-state index in [2.05, 4.69) is 6.92 Å². The molecule has 0 aliphatic heterocycles. The van der Waals surface area contributed by atoms with E-state index >= 15 is 0 Å². The minimum absolute atomic E-state index is 0.187. The Morgan fingerprint density at radius 2 is 1.35 bits per heavy atom. The molecule has 6 rings (SSSR count). The fourth-order valence-corrected chi connectivity index (χ4v) is 10.5. The van der Waals surface area contributed by atoms with Gasteiger partial charge in [0.2, 0.25) is 0 Å². The van der Waals surface area contributed by atoms with E-state index in [-0.39, 0.29) is 5.54 Å². The quantitative estimate of drug-likeness (QED) is 0.435. The van der Waals surface area contributed by atoms with E-state index in [4.69, 9.17) is 5.73 Å². The molecule has 0 radical (unpaired) electrons. The van der Waals surface area contributed by atoms with Crippen LogP contribution in [-0.4, -0.2) is 5.54 Å². The summed E-state index contributed by atoms with van der Waals surface area (Å²) in [6, 6.07) is 0. The summed E-state index contributed by atoms with van der Waals surface area (Å²) in [7, 11) is 0. The van der Waals surface area contributed by atoms with E-state index in [1.54, 1.807) is 12.8 Å². The van der Waals surface area contributed by atoms with Crippen molar-refractivity contribution in [1.82, 2.24) is 0 Å².